The summed E-state index contributed by atoms with van der Waals surface area (Å²) in [5.74, 6) is 1.56. The summed E-state index contributed by atoms with van der Waals surface area (Å²) in [6.45, 7) is 6.73. The number of ether oxygens (including phenoxy) is 3. The summed E-state index contributed by atoms with van der Waals surface area (Å²) >= 11 is 3.56. The molecule has 0 amide bonds. The highest BCUT2D eigenvalue weighted by Crippen LogP contribution is 2.42. The van der Waals surface area contributed by atoms with Crippen LogP contribution in [0.1, 0.15) is 25.5 Å². The lowest BCUT2D eigenvalue weighted by atomic mass is 10.0. The predicted molar refractivity (Wildman–Crippen MR) is 83.6 cm³/mol. The van der Waals surface area contributed by atoms with Gasteiger partial charge in [-0.1, -0.05) is 0 Å². The number of fused-ring (bicyclic) bond motifs is 1. The van der Waals surface area contributed by atoms with E-state index in [0.29, 0.717) is 12.6 Å². The van der Waals surface area contributed by atoms with E-state index >= 15 is 0 Å². The summed E-state index contributed by atoms with van der Waals surface area (Å²) in [5, 5.41) is 0. The van der Waals surface area contributed by atoms with Gasteiger partial charge in [-0.15, -0.1) is 0 Å². The fraction of sp³-hybridized carbons (Fsp3) is 0.600. The van der Waals surface area contributed by atoms with Gasteiger partial charge in [0, 0.05) is 25.2 Å². The highest BCUT2D eigenvalue weighted by Gasteiger charge is 2.31. The average molecular weight is 357 g/mol. The summed E-state index contributed by atoms with van der Waals surface area (Å²) < 4.78 is 17.6. The second-order valence-electron chi connectivity index (χ2n) is 5.68. The Balaban J connectivity index is 1.91. The fourth-order valence-electron chi connectivity index (χ4n) is 3.01. The lowest BCUT2D eigenvalue weighted by molar-refractivity contribution is -0.0654. The van der Waals surface area contributed by atoms with Crippen LogP contribution in [0.25, 0.3) is 0 Å². The molecule has 0 saturated carbocycles. The van der Waals surface area contributed by atoms with Crippen molar-refractivity contribution in [2.24, 2.45) is 5.73 Å². The number of hydrogen-bond donors (Lipinski definition) is 1. The standard InChI is InChI=1S/C15H21BrN2O3/c1-9-7-19-10(2)6-18(9)13(5-17)11-3-12(16)15-14(4-11)20-8-21-15/h3-4,9-10,13H,5-8,17H2,1-2H3. The maximum absolute atomic E-state index is 6.07. The van der Waals surface area contributed by atoms with Crippen LogP contribution in [0.2, 0.25) is 0 Å². The minimum absolute atomic E-state index is 0.150. The van der Waals surface area contributed by atoms with Crippen molar-refractivity contribution in [3.63, 3.8) is 0 Å². The molecule has 6 heteroatoms. The first-order valence-corrected chi connectivity index (χ1v) is 8.06. The summed E-state index contributed by atoms with van der Waals surface area (Å²) in [4.78, 5) is 2.41. The molecule has 1 saturated heterocycles. The van der Waals surface area contributed by atoms with Crippen LogP contribution in [-0.4, -0.2) is 43.5 Å². The van der Waals surface area contributed by atoms with E-state index in [1.165, 1.54) is 0 Å². The molecule has 2 aliphatic rings. The number of nitrogens with two attached hydrogens (primary N) is 1. The van der Waals surface area contributed by atoms with Crippen LogP contribution in [-0.2, 0) is 4.74 Å². The van der Waals surface area contributed by atoms with E-state index in [1.807, 2.05) is 6.07 Å². The monoisotopic (exact) mass is 356 g/mol. The van der Waals surface area contributed by atoms with Crippen molar-refractivity contribution in [1.82, 2.24) is 4.90 Å². The number of halogens is 1. The smallest absolute Gasteiger partial charge is 0.231 e. The molecular formula is C15H21BrN2O3. The van der Waals surface area contributed by atoms with Crippen LogP contribution in [0.5, 0.6) is 11.5 Å². The Kier molecular flexibility index (Phi) is 4.40. The van der Waals surface area contributed by atoms with E-state index in [1.54, 1.807) is 0 Å². The van der Waals surface area contributed by atoms with E-state index in [0.717, 1.165) is 34.7 Å². The van der Waals surface area contributed by atoms with Crippen LogP contribution in [0.4, 0.5) is 0 Å². The third kappa shape index (κ3) is 2.90. The zero-order chi connectivity index (χ0) is 15.0. The van der Waals surface area contributed by atoms with Gasteiger partial charge in [-0.3, -0.25) is 4.90 Å². The lowest BCUT2D eigenvalue weighted by Crippen LogP contribution is -2.50. The number of benzene rings is 1. The van der Waals surface area contributed by atoms with Crippen LogP contribution < -0.4 is 15.2 Å². The van der Waals surface area contributed by atoms with Crippen molar-refractivity contribution < 1.29 is 14.2 Å². The molecule has 0 aliphatic carbocycles. The zero-order valence-electron chi connectivity index (χ0n) is 12.3. The molecule has 0 radical (unpaired) electrons. The molecule has 1 fully saturated rings. The largest absolute Gasteiger partial charge is 0.454 e. The molecule has 2 N–H and O–H groups in total. The van der Waals surface area contributed by atoms with Gasteiger partial charge in [0.25, 0.3) is 0 Å². The fourth-order valence-corrected chi connectivity index (χ4v) is 3.58. The molecule has 2 heterocycles. The van der Waals surface area contributed by atoms with E-state index in [4.69, 9.17) is 19.9 Å². The van der Waals surface area contributed by atoms with Gasteiger partial charge in [-0.05, 0) is 47.5 Å². The molecule has 1 aromatic carbocycles. The zero-order valence-corrected chi connectivity index (χ0v) is 13.9. The molecule has 116 valence electrons. The van der Waals surface area contributed by atoms with E-state index < -0.39 is 0 Å². The minimum Gasteiger partial charge on any atom is -0.454 e. The Morgan fingerprint density at radius 1 is 1.38 bits per heavy atom. The maximum atomic E-state index is 6.07. The molecule has 3 rings (SSSR count). The molecule has 1 aromatic rings. The second-order valence-corrected chi connectivity index (χ2v) is 6.53. The van der Waals surface area contributed by atoms with Crippen LogP contribution in [0.3, 0.4) is 0 Å². The SMILES string of the molecule is CC1CN(C(CN)c2cc(Br)c3c(c2)OCO3)C(C)CO1. The molecule has 3 atom stereocenters. The predicted octanol–water partition coefficient (Wildman–Crippen LogP) is 2.29. The van der Waals surface area contributed by atoms with Gasteiger partial charge >= 0.3 is 0 Å². The summed E-state index contributed by atoms with van der Waals surface area (Å²) in [6.07, 6.45) is 0.229. The highest BCUT2D eigenvalue weighted by molar-refractivity contribution is 9.10. The van der Waals surface area contributed by atoms with Gasteiger partial charge in [0.05, 0.1) is 17.2 Å². The minimum atomic E-state index is 0.150. The summed E-state index contributed by atoms with van der Waals surface area (Å²) in [5.41, 5.74) is 7.22. The molecule has 21 heavy (non-hydrogen) atoms. The van der Waals surface area contributed by atoms with E-state index in [2.05, 4.69) is 40.7 Å². The van der Waals surface area contributed by atoms with Crippen LogP contribution in [0.15, 0.2) is 16.6 Å². The van der Waals surface area contributed by atoms with Crippen molar-refractivity contribution in [3.05, 3.63) is 22.2 Å². The van der Waals surface area contributed by atoms with Crippen LogP contribution >= 0.6 is 15.9 Å². The Labute approximate surface area is 133 Å². The van der Waals surface area contributed by atoms with Gasteiger partial charge in [-0.25, -0.2) is 0 Å². The van der Waals surface area contributed by atoms with Crippen LogP contribution in [0, 0.1) is 0 Å². The lowest BCUT2D eigenvalue weighted by Gasteiger charge is -2.41. The van der Waals surface area contributed by atoms with Gasteiger partial charge in [0.1, 0.15) is 0 Å². The molecule has 3 unspecified atom stereocenters. The quantitative estimate of drug-likeness (QED) is 0.900. The Bertz CT molecular complexity index is 526. The number of nitrogens with zero attached hydrogens (tertiary/aromatic N) is 1. The molecule has 0 spiro atoms. The third-order valence-electron chi connectivity index (χ3n) is 4.11. The van der Waals surface area contributed by atoms with Crippen molar-refractivity contribution in [2.75, 3.05) is 26.5 Å². The van der Waals surface area contributed by atoms with E-state index in [-0.39, 0.29) is 18.9 Å². The molecule has 0 bridgehead atoms. The second kappa shape index (κ2) is 6.12. The van der Waals surface area contributed by atoms with Gasteiger partial charge < -0.3 is 19.9 Å². The normalized spacial score (nSPS) is 26.9. The van der Waals surface area contributed by atoms with E-state index in [9.17, 15) is 0 Å². The number of rotatable bonds is 3. The summed E-state index contributed by atoms with van der Waals surface area (Å²) in [6, 6.07) is 4.62. The molecule has 2 aliphatic heterocycles. The Morgan fingerprint density at radius 2 is 2.19 bits per heavy atom. The molecule has 5 nitrogen and oxygen atoms in total. The molecular weight excluding hydrogens is 336 g/mol. The Hall–Kier alpha value is -0.820. The summed E-state index contributed by atoms with van der Waals surface area (Å²) in [7, 11) is 0. The van der Waals surface area contributed by atoms with Gasteiger partial charge in [0.15, 0.2) is 11.5 Å². The van der Waals surface area contributed by atoms with Gasteiger partial charge in [0.2, 0.25) is 6.79 Å². The van der Waals surface area contributed by atoms with Crippen molar-refractivity contribution in [3.8, 4) is 11.5 Å². The average Bonchev–Trinajstić information content (AvgIpc) is 2.92. The Morgan fingerprint density at radius 3 is 2.95 bits per heavy atom. The third-order valence-corrected chi connectivity index (χ3v) is 4.70. The molecule has 0 aromatic heterocycles. The highest BCUT2D eigenvalue weighted by atomic mass is 79.9. The number of hydrogen-bond acceptors (Lipinski definition) is 5. The first kappa shape index (κ1) is 15.1. The van der Waals surface area contributed by atoms with Crippen molar-refractivity contribution >= 4 is 15.9 Å². The van der Waals surface area contributed by atoms with Crippen molar-refractivity contribution in [1.29, 1.82) is 0 Å². The van der Waals surface area contributed by atoms with Gasteiger partial charge in [-0.2, -0.15) is 0 Å². The van der Waals surface area contributed by atoms with Crippen molar-refractivity contribution in [2.45, 2.75) is 32.0 Å². The maximum Gasteiger partial charge on any atom is 0.231 e. The first-order chi connectivity index (χ1) is 10.1. The first-order valence-electron chi connectivity index (χ1n) is 7.26. The topological polar surface area (TPSA) is 57.0 Å². The number of morpholine rings is 1.